The molecule has 3 N–H and O–H groups in total. The van der Waals surface area contributed by atoms with Crippen LogP contribution in [0.25, 0.3) is 0 Å². The first-order chi connectivity index (χ1) is 21.2. The fraction of sp³-hybridized carbons (Fsp3) is 0.229. The molecular weight excluding hydrogens is 559 g/mol. The van der Waals surface area contributed by atoms with E-state index in [9.17, 15) is 20.1 Å². The van der Waals surface area contributed by atoms with Gasteiger partial charge in [-0.3, -0.25) is 0 Å². The highest BCUT2D eigenvalue weighted by Crippen LogP contribution is 2.20. The SMILES string of the molecule is C=C(C)C(=O)OCC(O)COc1ccc(Cc2ccc(OBC(O)COc3ccc(Cc4ccc(O)cc4)cc3)cc2)cc1. The highest BCUT2D eigenvalue weighted by Gasteiger charge is 2.12. The minimum atomic E-state index is -0.936. The summed E-state index contributed by atoms with van der Waals surface area (Å²) in [7, 11) is 0.102. The van der Waals surface area contributed by atoms with Crippen molar-refractivity contribution >= 4 is 13.5 Å². The van der Waals surface area contributed by atoms with Crippen LogP contribution in [0.1, 0.15) is 29.2 Å². The summed E-state index contributed by atoms with van der Waals surface area (Å²) in [6.45, 7) is 5.00. The molecule has 2 unspecified atom stereocenters. The zero-order chi connectivity index (χ0) is 31.3. The van der Waals surface area contributed by atoms with Gasteiger partial charge in [0, 0.05) is 5.57 Å². The number of aromatic hydroxyl groups is 1. The fourth-order valence-corrected chi connectivity index (χ4v) is 4.16. The monoisotopic (exact) mass is 596 g/mol. The zero-order valence-electron chi connectivity index (χ0n) is 24.7. The average molecular weight is 596 g/mol. The summed E-state index contributed by atoms with van der Waals surface area (Å²) in [5.74, 6) is 1.64. The van der Waals surface area contributed by atoms with Crippen molar-refractivity contribution in [2.45, 2.75) is 31.9 Å². The lowest BCUT2D eigenvalue weighted by atomic mass is 9.91. The van der Waals surface area contributed by atoms with Crippen LogP contribution < -0.4 is 14.1 Å². The molecule has 0 amide bonds. The Kier molecular flexibility index (Phi) is 11.9. The van der Waals surface area contributed by atoms with Gasteiger partial charge < -0.3 is 34.2 Å². The van der Waals surface area contributed by atoms with Gasteiger partial charge in [0.05, 0.1) is 5.75 Å². The number of hydrogen-bond donors (Lipinski definition) is 3. The summed E-state index contributed by atoms with van der Waals surface area (Å²) in [4.78, 5) is 11.4. The van der Waals surface area contributed by atoms with Crippen molar-refractivity contribution in [3.05, 3.63) is 131 Å². The van der Waals surface area contributed by atoms with Crippen molar-refractivity contribution in [1.82, 2.24) is 0 Å². The number of phenolic OH excluding ortho intramolecular Hbond substituents is 1. The molecule has 0 aliphatic heterocycles. The molecule has 44 heavy (non-hydrogen) atoms. The van der Waals surface area contributed by atoms with E-state index < -0.39 is 18.1 Å². The van der Waals surface area contributed by atoms with Gasteiger partial charge in [-0.15, -0.1) is 0 Å². The third kappa shape index (κ3) is 10.8. The highest BCUT2D eigenvalue weighted by molar-refractivity contribution is 6.30. The normalized spacial score (nSPS) is 12.1. The Morgan fingerprint density at radius 3 is 1.59 bits per heavy atom. The lowest BCUT2D eigenvalue weighted by Crippen LogP contribution is -2.28. The molecule has 4 rings (SSSR count). The van der Waals surface area contributed by atoms with Gasteiger partial charge in [-0.1, -0.05) is 55.1 Å². The standard InChI is InChI=1S/C35H37BO8/c1-24(2)35(40)43-22-30(38)21-41-31-13-5-27(6-14-31)20-28-9-17-33(18-10-28)44-36-34(39)23-42-32-15-7-26(8-16-32)19-25-3-11-29(37)12-4-25/h3-18,30,34,36-39H,1,19-23H2,2H3. The number of hydrogen-bond acceptors (Lipinski definition) is 8. The number of phenols is 1. The van der Waals surface area contributed by atoms with Crippen molar-refractivity contribution in [1.29, 1.82) is 0 Å². The van der Waals surface area contributed by atoms with Gasteiger partial charge >= 0.3 is 13.5 Å². The van der Waals surface area contributed by atoms with Crippen LogP contribution in [-0.2, 0) is 22.4 Å². The molecule has 4 aromatic rings. The number of esters is 1. The Hall–Kier alpha value is -4.73. The Labute approximate surface area is 258 Å². The molecule has 0 fully saturated rings. The Bertz CT molecular complexity index is 1470. The number of carbonyl (C=O) groups excluding carboxylic acids is 1. The molecule has 0 aliphatic rings. The van der Waals surface area contributed by atoms with Gasteiger partial charge in [0.25, 0.3) is 0 Å². The molecule has 8 nitrogen and oxygen atoms in total. The van der Waals surface area contributed by atoms with E-state index in [2.05, 4.69) is 6.58 Å². The molecule has 0 spiro atoms. The first-order valence-corrected chi connectivity index (χ1v) is 14.4. The van der Waals surface area contributed by atoms with Gasteiger partial charge in [0.15, 0.2) is 0 Å². The van der Waals surface area contributed by atoms with Crippen LogP contribution in [0.4, 0.5) is 0 Å². The minimum absolute atomic E-state index is 0.00121. The second-order valence-electron chi connectivity index (χ2n) is 10.6. The van der Waals surface area contributed by atoms with Gasteiger partial charge in [-0.2, -0.15) is 0 Å². The van der Waals surface area contributed by atoms with Crippen molar-refractivity contribution in [2.24, 2.45) is 0 Å². The van der Waals surface area contributed by atoms with E-state index in [0.717, 1.165) is 28.7 Å². The molecule has 9 heteroatoms. The smallest absolute Gasteiger partial charge is 0.372 e. The molecule has 0 heterocycles. The summed E-state index contributed by atoms with van der Waals surface area (Å²) < 4.78 is 22.0. The minimum Gasteiger partial charge on any atom is -0.561 e. The first kappa shape index (κ1) is 32.2. The molecule has 0 aromatic heterocycles. The Balaban J connectivity index is 1.14. The molecule has 0 aliphatic carbocycles. The van der Waals surface area contributed by atoms with Crippen molar-refractivity contribution in [3.63, 3.8) is 0 Å². The van der Waals surface area contributed by atoms with Gasteiger partial charge in [-0.05, 0) is 90.6 Å². The maximum atomic E-state index is 11.4. The largest absolute Gasteiger partial charge is 0.561 e. The topological polar surface area (TPSA) is 115 Å². The number of carbonyl (C=O) groups is 1. The van der Waals surface area contributed by atoms with E-state index in [4.69, 9.17) is 18.9 Å². The van der Waals surface area contributed by atoms with E-state index in [0.29, 0.717) is 23.7 Å². The first-order valence-electron chi connectivity index (χ1n) is 14.4. The quantitative estimate of drug-likeness (QED) is 0.0981. The molecule has 4 aromatic carbocycles. The second-order valence-corrected chi connectivity index (χ2v) is 10.6. The fourth-order valence-electron chi connectivity index (χ4n) is 4.16. The van der Waals surface area contributed by atoms with Gasteiger partial charge in [0.2, 0.25) is 0 Å². The van der Waals surface area contributed by atoms with E-state index in [1.165, 1.54) is 0 Å². The van der Waals surface area contributed by atoms with Crippen molar-refractivity contribution < 1.29 is 39.0 Å². The number of aliphatic hydroxyl groups is 2. The predicted molar refractivity (Wildman–Crippen MR) is 170 cm³/mol. The molecule has 0 radical (unpaired) electrons. The highest BCUT2D eigenvalue weighted by atomic mass is 16.5. The lowest BCUT2D eigenvalue weighted by Gasteiger charge is -2.14. The number of rotatable bonds is 16. The lowest BCUT2D eigenvalue weighted by molar-refractivity contribution is -0.142. The maximum absolute atomic E-state index is 11.4. The molecule has 2 atom stereocenters. The van der Waals surface area contributed by atoms with Crippen LogP contribution in [0.3, 0.4) is 0 Å². The number of benzene rings is 4. The third-order valence-corrected chi connectivity index (χ3v) is 6.61. The molecule has 228 valence electrons. The maximum Gasteiger partial charge on any atom is 0.372 e. The zero-order valence-corrected chi connectivity index (χ0v) is 24.7. The van der Waals surface area contributed by atoms with E-state index in [1.54, 1.807) is 19.1 Å². The average Bonchev–Trinajstić information content (AvgIpc) is 3.03. The van der Waals surface area contributed by atoms with Crippen LogP contribution >= 0.6 is 0 Å². The summed E-state index contributed by atoms with van der Waals surface area (Å²) in [6.07, 6.45) is 0.528. The summed E-state index contributed by atoms with van der Waals surface area (Å²) in [5.41, 5.74) is 4.68. The number of ether oxygens (including phenoxy) is 3. The van der Waals surface area contributed by atoms with E-state index in [1.807, 2.05) is 84.9 Å². The molecule has 0 saturated carbocycles. The summed E-state index contributed by atoms with van der Waals surface area (Å²) >= 11 is 0. The van der Waals surface area contributed by atoms with Gasteiger partial charge in [-0.25, -0.2) is 4.79 Å². The summed E-state index contributed by atoms with van der Waals surface area (Å²) in [5, 5.41) is 29.7. The molecule has 0 bridgehead atoms. The van der Waals surface area contributed by atoms with E-state index in [-0.39, 0.29) is 38.6 Å². The van der Waals surface area contributed by atoms with Crippen molar-refractivity contribution in [2.75, 3.05) is 19.8 Å². The number of aliphatic hydroxyl groups excluding tert-OH is 2. The third-order valence-electron chi connectivity index (χ3n) is 6.61. The van der Waals surface area contributed by atoms with Crippen LogP contribution in [0, 0.1) is 0 Å². The Morgan fingerprint density at radius 1 is 0.682 bits per heavy atom. The predicted octanol–water partition coefficient (Wildman–Crippen LogP) is 4.56. The second kappa shape index (κ2) is 16.2. The van der Waals surface area contributed by atoms with Crippen LogP contribution in [0.5, 0.6) is 23.0 Å². The Morgan fingerprint density at radius 2 is 1.11 bits per heavy atom. The van der Waals surface area contributed by atoms with Crippen molar-refractivity contribution in [3.8, 4) is 23.0 Å². The van der Waals surface area contributed by atoms with Crippen LogP contribution in [0.2, 0.25) is 0 Å². The molecule has 0 saturated heterocycles. The van der Waals surface area contributed by atoms with E-state index >= 15 is 0 Å². The van der Waals surface area contributed by atoms with Crippen LogP contribution in [0.15, 0.2) is 109 Å². The molecular formula is C35H37BO8. The summed E-state index contributed by atoms with van der Waals surface area (Å²) in [6, 6.07) is 29.3. The van der Waals surface area contributed by atoms with Gasteiger partial charge in [0.1, 0.15) is 49.2 Å². The van der Waals surface area contributed by atoms with Crippen LogP contribution in [-0.4, -0.2) is 60.7 Å².